The minimum Gasteiger partial charge on any atom is -0.508 e. The molecule has 2 aromatic carbocycles. The second-order valence-electron chi connectivity index (χ2n) is 16.6. The number of nitrogens with one attached hydrogen (secondary N) is 1. The molecule has 1 amide bonds. The van der Waals surface area contributed by atoms with E-state index in [1.165, 1.54) is 12.1 Å². The van der Waals surface area contributed by atoms with Gasteiger partial charge in [-0.1, -0.05) is 31.4 Å². The van der Waals surface area contributed by atoms with Crippen LogP contribution in [-0.4, -0.2) is 107 Å². The maximum Gasteiger partial charge on any atom is 0.318 e. The van der Waals surface area contributed by atoms with E-state index in [4.69, 9.17) is 35.6 Å². The number of hydrogen-bond acceptors (Lipinski definition) is 11. The largest absolute Gasteiger partial charge is 0.508 e. The third-order valence-electron chi connectivity index (χ3n) is 12.7. The molecule has 59 heavy (non-hydrogen) atoms. The number of carbonyl (C=O) groups is 1. The van der Waals surface area contributed by atoms with Crippen LogP contribution in [0.25, 0.3) is 10.8 Å². The Morgan fingerprint density at radius 2 is 2.03 bits per heavy atom. The number of aromatic hydroxyl groups is 1. The number of morpholine rings is 1. The molecule has 8 rings (SSSR count). The van der Waals surface area contributed by atoms with Crippen molar-refractivity contribution in [1.82, 2.24) is 19.9 Å². The lowest BCUT2D eigenvalue weighted by Crippen LogP contribution is -2.51. The number of amides is 1. The van der Waals surface area contributed by atoms with E-state index < -0.39 is 23.1 Å². The summed E-state index contributed by atoms with van der Waals surface area (Å²) in [5.41, 5.74) is 0.821. The predicted octanol–water partition coefficient (Wildman–Crippen LogP) is 6.55. The van der Waals surface area contributed by atoms with E-state index >= 15 is 8.78 Å². The number of pyridine rings is 1. The Balaban J connectivity index is 1.11. The van der Waals surface area contributed by atoms with Gasteiger partial charge >= 0.3 is 6.01 Å². The summed E-state index contributed by atoms with van der Waals surface area (Å²) in [6.07, 6.45) is 11.9. The summed E-state index contributed by atoms with van der Waals surface area (Å²) in [5.74, 6) is 3.14. The first kappa shape index (κ1) is 40.1. The van der Waals surface area contributed by atoms with Crippen LogP contribution in [0.5, 0.6) is 17.5 Å². The van der Waals surface area contributed by atoms with Gasteiger partial charge in [-0.25, -0.2) is 13.8 Å². The number of hydrogen-bond donors (Lipinski definition) is 2. The Morgan fingerprint density at radius 3 is 2.76 bits per heavy atom. The Bertz CT molecular complexity index is 2280. The zero-order valence-electron chi connectivity index (χ0n) is 33.8. The van der Waals surface area contributed by atoms with Crippen molar-refractivity contribution in [2.24, 2.45) is 0 Å². The Hall–Kier alpha value is -5.68. The Labute approximate surface area is 343 Å². The molecular formula is C45H51F2N7O5. The number of ether oxygens (including phenoxy) is 3. The highest BCUT2D eigenvalue weighted by atomic mass is 19.1. The van der Waals surface area contributed by atoms with Crippen LogP contribution in [-0.2, 0) is 16.0 Å². The number of likely N-dealkylation sites (N-methyl/N-ethyl adjacent to an activating group) is 1. The molecule has 2 N–H and O–H groups in total. The smallest absolute Gasteiger partial charge is 0.318 e. The van der Waals surface area contributed by atoms with Gasteiger partial charge in [-0.05, 0) is 74.0 Å². The second kappa shape index (κ2) is 16.2. The topological polar surface area (TPSA) is 125 Å². The number of halogens is 2. The fourth-order valence-corrected chi connectivity index (χ4v) is 9.45. The molecule has 5 heterocycles. The summed E-state index contributed by atoms with van der Waals surface area (Å²) >= 11 is 0. The highest BCUT2D eigenvalue weighted by molar-refractivity contribution is 5.93. The third kappa shape index (κ3) is 7.68. The molecule has 12 nitrogen and oxygen atoms in total. The average Bonchev–Trinajstić information content (AvgIpc) is 3.85. The molecule has 4 aromatic rings. The van der Waals surface area contributed by atoms with Gasteiger partial charge in [0.25, 0.3) is 0 Å². The van der Waals surface area contributed by atoms with Crippen molar-refractivity contribution < 1.29 is 32.9 Å². The quantitative estimate of drug-likeness (QED) is 0.127. The molecule has 310 valence electrons. The fourth-order valence-electron chi connectivity index (χ4n) is 9.45. The molecular weight excluding hydrogens is 757 g/mol. The first-order valence-corrected chi connectivity index (χ1v) is 20.4. The Morgan fingerprint density at radius 1 is 1.22 bits per heavy atom. The van der Waals surface area contributed by atoms with Crippen LogP contribution in [0.4, 0.5) is 26.1 Å². The number of fused-ring (bicyclic) bond motifs is 2. The number of rotatable bonds is 11. The molecule has 0 radical (unpaired) electrons. The Kier molecular flexibility index (Phi) is 11.0. The molecule has 2 saturated heterocycles. The first-order valence-electron chi connectivity index (χ1n) is 20.4. The number of aromatic nitrogens is 3. The van der Waals surface area contributed by atoms with E-state index in [2.05, 4.69) is 29.6 Å². The SMILES string of the molecule is C#Cc1c(F)ccc2cc(O)cc([C@@H]3COc4c(nc(OC[C@]5(C)C[C@@H](F)CN5c5ccc(N6CCOC[C@H]6C)nc5)nc4NCC4(N(C)C(=O)C=C)CCCC4)C3)c12. The molecule has 1 saturated carbocycles. The van der Waals surface area contributed by atoms with Crippen molar-refractivity contribution in [3.8, 4) is 29.9 Å². The number of carbonyl (C=O) groups excluding carboxylic acids is 1. The summed E-state index contributed by atoms with van der Waals surface area (Å²) < 4.78 is 48.9. The van der Waals surface area contributed by atoms with Crippen molar-refractivity contribution in [3.05, 3.63) is 77.9 Å². The molecule has 0 unspecified atom stereocenters. The number of alkyl halides is 1. The molecule has 2 aromatic heterocycles. The van der Waals surface area contributed by atoms with Gasteiger partial charge in [-0.15, -0.1) is 6.42 Å². The first-order chi connectivity index (χ1) is 28.4. The highest BCUT2D eigenvalue weighted by Crippen LogP contribution is 2.43. The standard InChI is InChI=1S/C45H51F2N7O5/c1-6-34-36(47)12-10-29-18-33(55)20-35(40(29)34)30-19-37-41(58-25-30)42(49-26-45(14-8-9-15-45)52(5)39(56)7-2)51-43(50-37)59-27-44(4)21-31(46)23-54(44)32-11-13-38(48-22-32)53-16-17-57-24-28(53)3/h1,7,10-13,18,20,22,28,30-31,55H,2,8-9,14-17,19,21,23-27H2,3-5H3,(H,49,50,51)/t28-,30+,31-,44+/m1/s1. The molecule has 4 atom stereocenters. The van der Waals surface area contributed by atoms with Crippen molar-refractivity contribution in [2.45, 2.75) is 81.6 Å². The maximum atomic E-state index is 15.4. The van der Waals surface area contributed by atoms with Gasteiger partial charge < -0.3 is 39.3 Å². The normalized spacial score (nSPS) is 23.6. The average molecular weight is 808 g/mol. The molecule has 3 aliphatic heterocycles. The van der Waals surface area contributed by atoms with Crippen molar-refractivity contribution in [2.75, 3.05) is 68.2 Å². The van der Waals surface area contributed by atoms with Crippen molar-refractivity contribution >= 4 is 34.0 Å². The zero-order valence-corrected chi connectivity index (χ0v) is 33.8. The number of benzene rings is 2. The lowest BCUT2D eigenvalue weighted by molar-refractivity contribution is -0.129. The van der Waals surface area contributed by atoms with Gasteiger partial charge in [-0.3, -0.25) is 4.79 Å². The van der Waals surface area contributed by atoms with Crippen molar-refractivity contribution in [1.29, 1.82) is 0 Å². The second-order valence-corrected chi connectivity index (χ2v) is 16.6. The third-order valence-corrected chi connectivity index (χ3v) is 12.7. The molecule has 1 aliphatic carbocycles. The molecule has 14 heteroatoms. The monoisotopic (exact) mass is 807 g/mol. The molecule has 3 fully saturated rings. The summed E-state index contributed by atoms with van der Waals surface area (Å²) in [6, 6.07) is 10.3. The number of terminal acetylenes is 1. The van der Waals surface area contributed by atoms with Crippen LogP contribution in [0.3, 0.4) is 0 Å². The number of phenolic OH excluding ortho intramolecular Hbond substituents is 1. The maximum absolute atomic E-state index is 15.4. The minimum atomic E-state index is -1.09. The van der Waals surface area contributed by atoms with Gasteiger partial charge in [0.2, 0.25) is 5.91 Å². The van der Waals surface area contributed by atoms with Crippen LogP contribution in [0, 0.1) is 18.2 Å². The highest BCUT2D eigenvalue weighted by Gasteiger charge is 2.44. The van der Waals surface area contributed by atoms with Crippen LogP contribution in [0.1, 0.15) is 68.7 Å². The number of anilines is 3. The van der Waals surface area contributed by atoms with Gasteiger partial charge in [-0.2, -0.15) is 9.97 Å². The van der Waals surface area contributed by atoms with Crippen LogP contribution < -0.4 is 24.6 Å². The summed E-state index contributed by atoms with van der Waals surface area (Å²) in [7, 11) is 1.80. The molecule has 4 aliphatic rings. The van der Waals surface area contributed by atoms with Crippen LogP contribution in [0.2, 0.25) is 0 Å². The number of phenols is 1. The van der Waals surface area contributed by atoms with Crippen LogP contribution in [0.15, 0.2) is 55.3 Å². The minimum absolute atomic E-state index is 0.0167. The lowest BCUT2D eigenvalue weighted by atomic mass is 9.87. The lowest BCUT2D eigenvalue weighted by Gasteiger charge is -2.39. The zero-order chi connectivity index (χ0) is 41.5. The fraction of sp³-hybridized carbons (Fsp3) is 0.467. The number of nitrogens with zero attached hydrogens (tertiary/aromatic N) is 6. The summed E-state index contributed by atoms with van der Waals surface area (Å²) in [5, 5.41) is 15.4. The molecule has 0 bridgehead atoms. The van der Waals surface area contributed by atoms with Crippen molar-refractivity contribution in [3.63, 3.8) is 0 Å². The summed E-state index contributed by atoms with van der Waals surface area (Å²) in [4.78, 5) is 33.3. The van der Waals surface area contributed by atoms with E-state index in [0.717, 1.165) is 43.7 Å². The van der Waals surface area contributed by atoms with E-state index in [0.29, 0.717) is 59.8 Å². The molecule has 0 spiro atoms. The van der Waals surface area contributed by atoms with E-state index in [9.17, 15) is 9.90 Å². The van der Waals surface area contributed by atoms with E-state index in [1.807, 2.05) is 24.0 Å². The van der Waals surface area contributed by atoms with Gasteiger partial charge in [0.15, 0.2) is 11.6 Å². The van der Waals surface area contributed by atoms with Crippen LogP contribution >= 0.6 is 0 Å². The van der Waals surface area contributed by atoms with E-state index in [1.54, 1.807) is 36.3 Å². The van der Waals surface area contributed by atoms with Gasteiger partial charge in [0.1, 0.15) is 30.2 Å². The predicted molar refractivity (Wildman–Crippen MR) is 223 cm³/mol. The van der Waals surface area contributed by atoms with E-state index in [-0.39, 0.29) is 61.4 Å². The summed E-state index contributed by atoms with van der Waals surface area (Å²) in [6.45, 7) is 10.6. The van der Waals surface area contributed by atoms with Gasteiger partial charge in [0.05, 0.1) is 66.6 Å². The van der Waals surface area contributed by atoms with Gasteiger partial charge in [0, 0.05) is 44.3 Å².